The number of phosphoric acid groups is 1. The number of hydrogen-bond acceptors (Lipinski definition) is 5. The van der Waals surface area contributed by atoms with Crippen LogP contribution in [0.25, 0.3) is 0 Å². The molecule has 0 aliphatic rings. The molecule has 0 aliphatic carbocycles. The van der Waals surface area contributed by atoms with Crippen LogP contribution in [0.2, 0.25) is 0 Å². The number of aryl methyl sites for hydroxylation is 1. The Kier molecular flexibility index (Phi) is 9.85. The third-order valence-electron chi connectivity index (χ3n) is 3.17. The van der Waals surface area contributed by atoms with E-state index < -0.39 is 13.8 Å². The first-order valence-electron chi connectivity index (χ1n) is 8.25. The van der Waals surface area contributed by atoms with Crippen molar-refractivity contribution < 1.29 is 22.9 Å². The van der Waals surface area contributed by atoms with Gasteiger partial charge in [-0.2, -0.15) is 0 Å². The summed E-state index contributed by atoms with van der Waals surface area (Å²) in [5, 5.41) is 0. The Balaban J connectivity index is 2.49. The molecule has 0 atom stereocenters. The van der Waals surface area contributed by atoms with Gasteiger partial charge in [-0.15, -0.1) is 0 Å². The van der Waals surface area contributed by atoms with Gasteiger partial charge in [0.25, 0.3) is 0 Å². The van der Waals surface area contributed by atoms with Gasteiger partial charge >= 0.3 is 13.8 Å². The second kappa shape index (κ2) is 11.4. The fourth-order valence-corrected chi connectivity index (χ4v) is 3.02. The fourth-order valence-electron chi connectivity index (χ4n) is 1.79. The minimum absolute atomic E-state index is 0.141. The first kappa shape index (κ1) is 19.9. The lowest BCUT2D eigenvalue weighted by molar-refractivity contribution is -0.136. The molecule has 0 N–H and O–H groups in total. The second-order valence-electron chi connectivity index (χ2n) is 5.27. The topological polar surface area (TPSA) is 61.8 Å². The average molecular weight is 342 g/mol. The van der Waals surface area contributed by atoms with E-state index in [2.05, 4.69) is 0 Å². The molecule has 0 fully saturated rings. The van der Waals surface area contributed by atoms with Crippen molar-refractivity contribution in [3.63, 3.8) is 0 Å². The van der Waals surface area contributed by atoms with E-state index in [9.17, 15) is 9.36 Å². The van der Waals surface area contributed by atoms with Gasteiger partial charge in [0.1, 0.15) is 0 Å². The van der Waals surface area contributed by atoms with Crippen LogP contribution < -0.4 is 0 Å². The van der Waals surface area contributed by atoms with Crippen LogP contribution in [0.5, 0.6) is 0 Å². The third kappa shape index (κ3) is 8.89. The van der Waals surface area contributed by atoms with E-state index in [0.717, 1.165) is 31.2 Å². The van der Waals surface area contributed by atoms with Gasteiger partial charge in [-0.3, -0.25) is 13.8 Å². The standard InChI is InChI=1S/C17H27O5P/c1-3-5-14-20-23(19,21-15-6-4-2)22-17(18)13-12-16-10-8-7-9-11-16/h7-11H,3-6,12-15H2,1-2H3. The summed E-state index contributed by atoms with van der Waals surface area (Å²) >= 11 is 0. The molecule has 0 saturated carbocycles. The van der Waals surface area contributed by atoms with Crippen LogP contribution in [0.4, 0.5) is 0 Å². The van der Waals surface area contributed by atoms with Crippen LogP contribution in [0.1, 0.15) is 51.5 Å². The molecule has 1 rings (SSSR count). The second-order valence-corrected chi connectivity index (χ2v) is 6.86. The Labute approximate surface area is 138 Å². The van der Waals surface area contributed by atoms with Crippen molar-refractivity contribution in [2.45, 2.75) is 52.4 Å². The molecule has 1 aromatic carbocycles. The van der Waals surface area contributed by atoms with Crippen LogP contribution in [-0.4, -0.2) is 19.2 Å². The zero-order valence-electron chi connectivity index (χ0n) is 14.0. The fraction of sp³-hybridized carbons (Fsp3) is 0.588. The lowest BCUT2D eigenvalue weighted by Crippen LogP contribution is -2.09. The smallest absolute Gasteiger partial charge is 0.370 e. The molecule has 0 spiro atoms. The summed E-state index contributed by atoms with van der Waals surface area (Å²) in [4.78, 5) is 11.9. The lowest BCUT2D eigenvalue weighted by Gasteiger charge is -2.17. The molecule has 130 valence electrons. The van der Waals surface area contributed by atoms with Crippen LogP contribution in [0.3, 0.4) is 0 Å². The number of carbonyl (C=O) groups is 1. The van der Waals surface area contributed by atoms with Crippen LogP contribution in [0, 0.1) is 0 Å². The molecule has 0 bridgehead atoms. The monoisotopic (exact) mass is 342 g/mol. The van der Waals surface area contributed by atoms with E-state index in [0.29, 0.717) is 6.42 Å². The van der Waals surface area contributed by atoms with Gasteiger partial charge in [0.05, 0.1) is 13.2 Å². The Morgan fingerprint density at radius 3 is 2.09 bits per heavy atom. The molecule has 23 heavy (non-hydrogen) atoms. The number of carbonyl (C=O) groups excluding carboxylic acids is 1. The third-order valence-corrected chi connectivity index (χ3v) is 4.59. The highest BCUT2D eigenvalue weighted by molar-refractivity contribution is 7.49. The van der Waals surface area contributed by atoms with Gasteiger partial charge < -0.3 is 4.52 Å². The van der Waals surface area contributed by atoms with Gasteiger partial charge in [-0.1, -0.05) is 57.0 Å². The molecule has 5 nitrogen and oxygen atoms in total. The highest BCUT2D eigenvalue weighted by Crippen LogP contribution is 2.50. The molecular weight excluding hydrogens is 315 g/mol. The summed E-state index contributed by atoms with van der Waals surface area (Å²) in [5.74, 6) is -0.565. The van der Waals surface area contributed by atoms with Crippen LogP contribution in [0.15, 0.2) is 30.3 Å². The summed E-state index contributed by atoms with van der Waals surface area (Å²) in [6, 6.07) is 9.60. The normalized spacial score (nSPS) is 11.4. The number of hydrogen-bond donors (Lipinski definition) is 0. The van der Waals surface area contributed by atoms with E-state index in [1.54, 1.807) is 0 Å². The van der Waals surface area contributed by atoms with E-state index in [1.807, 2.05) is 44.2 Å². The van der Waals surface area contributed by atoms with Gasteiger partial charge in [0.15, 0.2) is 0 Å². The maximum absolute atomic E-state index is 12.5. The zero-order chi connectivity index (χ0) is 17.0. The Hall–Kier alpha value is -1.16. The molecule has 0 heterocycles. The van der Waals surface area contributed by atoms with Crippen LogP contribution in [-0.2, 0) is 29.4 Å². The van der Waals surface area contributed by atoms with Crippen molar-refractivity contribution in [2.24, 2.45) is 0 Å². The van der Waals surface area contributed by atoms with E-state index in [4.69, 9.17) is 13.6 Å². The summed E-state index contributed by atoms with van der Waals surface area (Å²) in [6.45, 7) is 4.51. The number of phosphoric ester groups is 1. The summed E-state index contributed by atoms with van der Waals surface area (Å²) in [5.41, 5.74) is 1.03. The summed E-state index contributed by atoms with van der Waals surface area (Å²) in [7, 11) is -3.81. The zero-order valence-corrected chi connectivity index (χ0v) is 14.9. The van der Waals surface area contributed by atoms with Gasteiger partial charge in [-0.05, 0) is 24.8 Å². The van der Waals surface area contributed by atoms with Crippen molar-refractivity contribution >= 4 is 13.8 Å². The highest BCUT2D eigenvalue weighted by Gasteiger charge is 2.30. The maximum atomic E-state index is 12.5. The molecular formula is C17H27O5P. The van der Waals surface area contributed by atoms with E-state index in [-0.39, 0.29) is 19.6 Å². The Morgan fingerprint density at radius 2 is 1.57 bits per heavy atom. The molecule has 1 aromatic rings. The average Bonchev–Trinajstić information content (AvgIpc) is 2.54. The van der Waals surface area contributed by atoms with Gasteiger partial charge in [-0.25, -0.2) is 4.57 Å². The summed E-state index contributed by atoms with van der Waals surface area (Å²) < 4.78 is 28.0. The predicted octanol–water partition coefficient (Wildman–Crippen LogP) is 4.90. The van der Waals surface area contributed by atoms with Crippen molar-refractivity contribution in [1.82, 2.24) is 0 Å². The molecule has 0 aliphatic heterocycles. The SMILES string of the molecule is CCCCOP(=O)(OCCCC)OC(=O)CCc1ccccc1. The predicted molar refractivity (Wildman–Crippen MR) is 90.2 cm³/mol. The molecule has 0 radical (unpaired) electrons. The Bertz CT molecular complexity index is 475. The largest absolute Gasteiger partial charge is 0.532 e. The van der Waals surface area contributed by atoms with Crippen molar-refractivity contribution in [3.05, 3.63) is 35.9 Å². The molecule has 0 amide bonds. The van der Waals surface area contributed by atoms with Gasteiger partial charge in [0, 0.05) is 6.42 Å². The highest BCUT2D eigenvalue weighted by atomic mass is 31.2. The van der Waals surface area contributed by atoms with Crippen molar-refractivity contribution in [1.29, 1.82) is 0 Å². The minimum Gasteiger partial charge on any atom is -0.370 e. The minimum atomic E-state index is -3.81. The van der Waals surface area contributed by atoms with Crippen LogP contribution >= 0.6 is 7.82 Å². The van der Waals surface area contributed by atoms with E-state index >= 15 is 0 Å². The maximum Gasteiger partial charge on any atom is 0.532 e. The number of benzene rings is 1. The number of rotatable bonds is 12. The van der Waals surface area contributed by atoms with Crippen molar-refractivity contribution in [2.75, 3.05) is 13.2 Å². The lowest BCUT2D eigenvalue weighted by atomic mass is 10.1. The molecule has 0 unspecified atom stereocenters. The molecule has 0 saturated heterocycles. The Morgan fingerprint density at radius 1 is 1.00 bits per heavy atom. The van der Waals surface area contributed by atoms with E-state index in [1.165, 1.54) is 0 Å². The quantitative estimate of drug-likeness (QED) is 0.399. The molecule has 0 aromatic heterocycles. The first-order valence-corrected chi connectivity index (χ1v) is 9.71. The molecule has 6 heteroatoms. The first-order chi connectivity index (χ1) is 11.1. The van der Waals surface area contributed by atoms with Crippen molar-refractivity contribution in [3.8, 4) is 0 Å². The summed E-state index contributed by atoms with van der Waals surface area (Å²) in [6.07, 6.45) is 3.95. The number of unbranched alkanes of at least 4 members (excludes halogenated alkanes) is 2. The van der Waals surface area contributed by atoms with Gasteiger partial charge in [0.2, 0.25) is 0 Å².